The average Bonchev–Trinajstić information content (AvgIpc) is 3.09. The Morgan fingerprint density at radius 1 is 1.26 bits per heavy atom. The van der Waals surface area contributed by atoms with Gasteiger partial charge in [0.25, 0.3) is 0 Å². The SMILES string of the molecule is CCC(CC)(CNC(=O)N1CCC(C)(C(=O)O)C1)NC(C)c1ccccc1. The Morgan fingerprint density at radius 3 is 2.41 bits per heavy atom. The second kappa shape index (κ2) is 8.74. The number of benzene rings is 1. The van der Waals surface area contributed by atoms with Gasteiger partial charge in [-0.2, -0.15) is 0 Å². The Balaban J connectivity index is 1.97. The molecule has 2 amide bonds. The third-order valence-corrected chi connectivity index (χ3v) is 6.03. The second-order valence-electron chi connectivity index (χ2n) is 7.96. The van der Waals surface area contributed by atoms with E-state index in [2.05, 4.69) is 43.5 Å². The van der Waals surface area contributed by atoms with Crippen LogP contribution in [-0.2, 0) is 4.79 Å². The first kappa shape index (κ1) is 21.2. The van der Waals surface area contributed by atoms with Crippen LogP contribution in [0, 0.1) is 5.41 Å². The molecule has 0 bridgehead atoms. The van der Waals surface area contributed by atoms with Gasteiger partial charge in [-0.3, -0.25) is 4.79 Å². The fourth-order valence-corrected chi connectivity index (χ4v) is 3.71. The van der Waals surface area contributed by atoms with Gasteiger partial charge in [-0.1, -0.05) is 44.2 Å². The van der Waals surface area contributed by atoms with Crippen LogP contribution in [0.2, 0.25) is 0 Å². The molecule has 1 aliphatic rings. The van der Waals surface area contributed by atoms with Crippen molar-refractivity contribution in [3.8, 4) is 0 Å². The fraction of sp³-hybridized carbons (Fsp3) is 0.619. The van der Waals surface area contributed by atoms with Gasteiger partial charge in [-0.05, 0) is 38.7 Å². The normalized spacial score (nSPS) is 21.1. The smallest absolute Gasteiger partial charge is 0.317 e. The zero-order valence-electron chi connectivity index (χ0n) is 16.9. The van der Waals surface area contributed by atoms with Crippen LogP contribution in [0.15, 0.2) is 30.3 Å². The monoisotopic (exact) mass is 375 g/mol. The highest BCUT2D eigenvalue weighted by Crippen LogP contribution is 2.30. The van der Waals surface area contributed by atoms with Crippen molar-refractivity contribution in [1.82, 2.24) is 15.5 Å². The number of carbonyl (C=O) groups is 2. The number of hydrogen-bond acceptors (Lipinski definition) is 3. The van der Waals surface area contributed by atoms with E-state index < -0.39 is 11.4 Å². The van der Waals surface area contributed by atoms with Crippen LogP contribution in [0.4, 0.5) is 4.79 Å². The molecule has 27 heavy (non-hydrogen) atoms. The highest BCUT2D eigenvalue weighted by molar-refractivity contribution is 5.79. The van der Waals surface area contributed by atoms with E-state index >= 15 is 0 Å². The van der Waals surface area contributed by atoms with Crippen LogP contribution >= 0.6 is 0 Å². The largest absolute Gasteiger partial charge is 0.481 e. The standard InChI is InChI=1S/C21H33N3O3/c1-5-21(6-2,23-16(3)17-10-8-7-9-11-17)14-22-19(27)24-13-12-20(4,15-24)18(25)26/h7-11,16,23H,5-6,12-15H2,1-4H3,(H,22,27)(H,25,26). The summed E-state index contributed by atoms with van der Waals surface area (Å²) in [5.74, 6) is -0.840. The van der Waals surface area contributed by atoms with Crippen molar-refractivity contribution in [2.75, 3.05) is 19.6 Å². The van der Waals surface area contributed by atoms with Gasteiger partial charge in [0, 0.05) is 31.2 Å². The summed E-state index contributed by atoms with van der Waals surface area (Å²) in [6.07, 6.45) is 2.26. The maximum atomic E-state index is 12.6. The number of carbonyl (C=O) groups excluding carboxylic acids is 1. The quantitative estimate of drug-likeness (QED) is 0.650. The van der Waals surface area contributed by atoms with E-state index in [1.54, 1.807) is 11.8 Å². The molecule has 1 aromatic carbocycles. The van der Waals surface area contributed by atoms with Crippen molar-refractivity contribution in [1.29, 1.82) is 0 Å². The first-order valence-electron chi connectivity index (χ1n) is 9.84. The number of amides is 2. The minimum absolute atomic E-state index is 0.171. The molecule has 0 aliphatic carbocycles. The maximum Gasteiger partial charge on any atom is 0.317 e. The van der Waals surface area contributed by atoms with E-state index in [1.807, 2.05) is 18.2 Å². The van der Waals surface area contributed by atoms with E-state index in [0.29, 0.717) is 19.5 Å². The first-order chi connectivity index (χ1) is 12.7. The van der Waals surface area contributed by atoms with Crippen LogP contribution < -0.4 is 10.6 Å². The lowest BCUT2D eigenvalue weighted by molar-refractivity contribution is -0.147. The maximum absolute atomic E-state index is 12.6. The van der Waals surface area contributed by atoms with Crippen LogP contribution in [-0.4, -0.2) is 47.2 Å². The molecule has 2 atom stereocenters. The van der Waals surface area contributed by atoms with E-state index in [4.69, 9.17) is 0 Å². The number of carboxylic acid groups (broad SMARTS) is 1. The summed E-state index contributed by atoms with van der Waals surface area (Å²) in [6, 6.07) is 10.3. The lowest BCUT2D eigenvalue weighted by Crippen LogP contribution is -2.55. The van der Waals surface area contributed by atoms with Gasteiger partial charge in [0.15, 0.2) is 0 Å². The summed E-state index contributed by atoms with van der Waals surface area (Å²) >= 11 is 0. The topological polar surface area (TPSA) is 81.7 Å². The molecule has 3 N–H and O–H groups in total. The predicted octanol–water partition coefficient (Wildman–Crippen LogP) is 3.40. The van der Waals surface area contributed by atoms with Crippen molar-refractivity contribution < 1.29 is 14.7 Å². The third-order valence-electron chi connectivity index (χ3n) is 6.03. The Kier molecular flexibility index (Phi) is 6.87. The number of rotatable bonds is 8. The van der Waals surface area contributed by atoms with Gasteiger partial charge in [-0.15, -0.1) is 0 Å². The van der Waals surface area contributed by atoms with E-state index in [9.17, 15) is 14.7 Å². The van der Waals surface area contributed by atoms with Crippen LogP contribution in [0.1, 0.15) is 58.6 Å². The zero-order valence-corrected chi connectivity index (χ0v) is 16.9. The molecular weight excluding hydrogens is 342 g/mol. The van der Waals surface area contributed by atoms with E-state index in [-0.39, 0.29) is 24.2 Å². The zero-order chi connectivity index (χ0) is 20.1. The molecule has 0 saturated carbocycles. The summed E-state index contributed by atoms with van der Waals surface area (Å²) in [5.41, 5.74) is 0.164. The molecule has 6 heteroatoms. The van der Waals surface area contributed by atoms with E-state index in [1.165, 1.54) is 5.56 Å². The van der Waals surface area contributed by atoms with Crippen LogP contribution in [0.25, 0.3) is 0 Å². The number of hydrogen-bond donors (Lipinski definition) is 3. The van der Waals surface area contributed by atoms with E-state index in [0.717, 1.165) is 12.8 Å². The molecular formula is C21H33N3O3. The number of carboxylic acids is 1. The molecule has 1 heterocycles. The fourth-order valence-electron chi connectivity index (χ4n) is 3.71. The minimum atomic E-state index is -0.843. The van der Waals surface area contributed by atoms with Crippen LogP contribution in [0.5, 0.6) is 0 Å². The predicted molar refractivity (Wildman–Crippen MR) is 107 cm³/mol. The molecule has 2 unspecified atom stereocenters. The molecule has 1 saturated heterocycles. The molecule has 0 spiro atoms. The van der Waals surface area contributed by atoms with Gasteiger partial charge in [0.1, 0.15) is 0 Å². The molecule has 150 valence electrons. The molecule has 0 radical (unpaired) electrons. The number of nitrogens with zero attached hydrogens (tertiary/aromatic N) is 1. The first-order valence-corrected chi connectivity index (χ1v) is 9.84. The third kappa shape index (κ3) is 5.01. The Bertz CT molecular complexity index is 645. The van der Waals surface area contributed by atoms with Crippen molar-refractivity contribution >= 4 is 12.0 Å². The molecule has 1 aromatic rings. The van der Waals surface area contributed by atoms with Gasteiger partial charge >= 0.3 is 12.0 Å². The molecule has 1 aliphatic heterocycles. The highest BCUT2D eigenvalue weighted by Gasteiger charge is 2.42. The Morgan fingerprint density at radius 2 is 1.89 bits per heavy atom. The van der Waals surface area contributed by atoms with Crippen molar-refractivity contribution in [3.63, 3.8) is 0 Å². The van der Waals surface area contributed by atoms with Gasteiger partial charge in [0.2, 0.25) is 0 Å². The number of aliphatic carboxylic acids is 1. The number of likely N-dealkylation sites (tertiary alicyclic amines) is 1. The summed E-state index contributed by atoms with van der Waals surface area (Å²) in [5, 5.41) is 16.1. The molecule has 2 rings (SSSR count). The summed E-state index contributed by atoms with van der Waals surface area (Å²) in [6.45, 7) is 9.33. The highest BCUT2D eigenvalue weighted by atomic mass is 16.4. The van der Waals surface area contributed by atoms with Gasteiger partial charge < -0.3 is 20.6 Å². The number of nitrogens with one attached hydrogen (secondary N) is 2. The van der Waals surface area contributed by atoms with Gasteiger partial charge in [-0.25, -0.2) is 4.79 Å². The molecule has 6 nitrogen and oxygen atoms in total. The number of urea groups is 1. The van der Waals surface area contributed by atoms with Crippen molar-refractivity contribution in [2.45, 2.75) is 58.5 Å². The molecule has 0 aromatic heterocycles. The summed E-state index contributed by atoms with van der Waals surface area (Å²) in [4.78, 5) is 25.6. The van der Waals surface area contributed by atoms with Gasteiger partial charge in [0.05, 0.1) is 5.41 Å². The second-order valence-corrected chi connectivity index (χ2v) is 7.96. The lowest BCUT2D eigenvalue weighted by Gasteiger charge is -2.37. The lowest BCUT2D eigenvalue weighted by atomic mass is 9.90. The van der Waals surface area contributed by atoms with Crippen molar-refractivity contribution in [2.24, 2.45) is 5.41 Å². The van der Waals surface area contributed by atoms with Crippen molar-refractivity contribution in [3.05, 3.63) is 35.9 Å². The molecule has 1 fully saturated rings. The summed E-state index contributed by atoms with van der Waals surface area (Å²) in [7, 11) is 0. The Labute approximate surface area is 162 Å². The Hall–Kier alpha value is -2.08. The minimum Gasteiger partial charge on any atom is -0.481 e. The average molecular weight is 376 g/mol. The van der Waals surface area contributed by atoms with Crippen LogP contribution in [0.3, 0.4) is 0 Å². The summed E-state index contributed by atoms with van der Waals surface area (Å²) < 4.78 is 0.